The van der Waals surface area contributed by atoms with Gasteiger partial charge in [-0.2, -0.15) is 0 Å². The first kappa shape index (κ1) is 26.6. The van der Waals surface area contributed by atoms with Gasteiger partial charge in [-0.1, -0.05) is 56.0 Å². The van der Waals surface area contributed by atoms with Gasteiger partial charge < -0.3 is 20.6 Å². The summed E-state index contributed by atoms with van der Waals surface area (Å²) in [6.45, 7) is 0. The van der Waals surface area contributed by atoms with Gasteiger partial charge in [0.1, 0.15) is 11.7 Å². The van der Waals surface area contributed by atoms with E-state index in [1.165, 1.54) is 12.1 Å². The molecule has 8 nitrogen and oxygen atoms in total. The zero-order chi connectivity index (χ0) is 24.9. The van der Waals surface area contributed by atoms with E-state index in [9.17, 15) is 29.4 Å². The maximum Gasteiger partial charge on any atom is 0.314 e. The van der Waals surface area contributed by atoms with Crippen molar-refractivity contribution in [2.75, 3.05) is 0 Å². The zero-order valence-corrected chi connectivity index (χ0v) is 19.0. The van der Waals surface area contributed by atoms with Gasteiger partial charge in [-0.05, 0) is 49.1 Å². The number of unbranched alkanes of at least 4 members (excludes halogenated alkanes) is 4. The van der Waals surface area contributed by atoms with Gasteiger partial charge in [0.25, 0.3) is 5.91 Å². The van der Waals surface area contributed by atoms with Gasteiger partial charge in [-0.25, -0.2) is 0 Å². The van der Waals surface area contributed by atoms with Crippen LogP contribution in [-0.4, -0.2) is 45.0 Å². The molecule has 34 heavy (non-hydrogen) atoms. The van der Waals surface area contributed by atoms with Crippen molar-refractivity contribution >= 4 is 23.6 Å². The lowest BCUT2D eigenvalue weighted by molar-refractivity contribution is -0.147. The molecule has 2 atom stereocenters. The summed E-state index contributed by atoms with van der Waals surface area (Å²) in [5, 5.41) is 30.6. The van der Waals surface area contributed by atoms with E-state index in [1.807, 2.05) is 0 Å². The molecule has 4 N–H and O–H groups in total. The summed E-state index contributed by atoms with van der Waals surface area (Å²) in [6.07, 6.45) is 3.60. The van der Waals surface area contributed by atoms with Crippen LogP contribution in [0.15, 0.2) is 54.6 Å². The number of benzene rings is 2. The summed E-state index contributed by atoms with van der Waals surface area (Å²) in [5.41, 5.74) is 1.03. The minimum Gasteiger partial charge on any atom is -0.508 e. The number of hydrogen-bond acceptors (Lipinski definition) is 5. The van der Waals surface area contributed by atoms with Crippen LogP contribution in [-0.2, 0) is 20.8 Å². The average molecular weight is 470 g/mol. The molecule has 2 aromatic rings. The second kappa shape index (κ2) is 13.8. The number of carbonyl (C=O) groups excluding carboxylic acids is 2. The Morgan fingerprint density at radius 2 is 1.41 bits per heavy atom. The molecule has 0 aliphatic rings. The number of hydrogen-bond donors (Lipinski definition) is 4. The summed E-state index contributed by atoms with van der Waals surface area (Å²) in [7, 11) is 0. The van der Waals surface area contributed by atoms with E-state index >= 15 is 0 Å². The fourth-order valence-corrected chi connectivity index (χ4v) is 3.71. The molecule has 0 aliphatic heterocycles. The lowest BCUT2D eigenvalue weighted by Gasteiger charge is -2.22. The Labute approximate surface area is 198 Å². The number of aromatic hydroxyl groups is 1. The molecule has 0 heterocycles. The highest BCUT2D eigenvalue weighted by molar-refractivity contribution is 6.04. The summed E-state index contributed by atoms with van der Waals surface area (Å²) < 4.78 is 0. The Kier molecular flexibility index (Phi) is 10.8. The van der Waals surface area contributed by atoms with E-state index in [4.69, 9.17) is 5.11 Å². The third kappa shape index (κ3) is 9.05. The van der Waals surface area contributed by atoms with Crippen molar-refractivity contribution in [3.8, 4) is 5.75 Å². The van der Waals surface area contributed by atoms with E-state index in [1.54, 1.807) is 42.5 Å². The highest BCUT2D eigenvalue weighted by atomic mass is 16.4. The largest absolute Gasteiger partial charge is 0.508 e. The van der Waals surface area contributed by atoms with Crippen LogP contribution in [0, 0.1) is 5.92 Å². The summed E-state index contributed by atoms with van der Waals surface area (Å²) in [4.78, 5) is 48.4. The molecule has 1 amide bonds. The van der Waals surface area contributed by atoms with Gasteiger partial charge in [0, 0.05) is 12.0 Å². The van der Waals surface area contributed by atoms with E-state index in [2.05, 4.69) is 5.32 Å². The normalized spacial score (nSPS) is 12.5. The highest BCUT2D eigenvalue weighted by Gasteiger charge is 2.33. The smallest absolute Gasteiger partial charge is 0.314 e. The van der Waals surface area contributed by atoms with Crippen LogP contribution in [0.4, 0.5) is 0 Å². The van der Waals surface area contributed by atoms with Crippen molar-refractivity contribution < 1.29 is 34.5 Å². The number of rotatable bonds is 15. The SMILES string of the molecule is O=C(O)CCCCCCCC(C(=O)O)C(=O)[C@H](Cc1ccc(O)cc1)NC(=O)c1ccccc1. The number of carbonyl (C=O) groups is 4. The fourth-order valence-electron chi connectivity index (χ4n) is 3.71. The molecule has 8 heteroatoms. The monoisotopic (exact) mass is 469 g/mol. The first-order chi connectivity index (χ1) is 16.3. The van der Waals surface area contributed by atoms with Crippen LogP contribution in [0.2, 0.25) is 0 Å². The molecule has 0 fully saturated rings. The number of nitrogens with one attached hydrogen (secondary N) is 1. The summed E-state index contributed by atoms with van der Waals surface area (Å²) >= 11 is 0. The first-order valence-corrected chi connectivity index (χ1v) is 11.4. The molecule has 182 valence electrons. The predicted molar refractivity (Wildman–Crippen MR) is 126 cm³/mol. The lowest BCUT2D eigenvalue weighted by atomic mass is 9.89. The maximum absolute atomic E-state index is 13.3. The number of phenolic OH excluding ortho intramolecular Hbond substituents is 1. The van der Waals surface area contributed by atoms with Gasteiger partial charge in [-0.15, -0.1) is 0 Å². The van der Waals surface area contributed by atoms with Crippen molar-refractivity contribution in [3.05, 3.63) is 65.7 Å². The average Bonchev–Trinajstić information content (AvgIpc) is 2.81. The predicted octanol–water partition coefficient (Wildman–Crippen LogP) is 3.82. The van der Waals surface area contributed by atoms with Crippen LogP contribution in [0.5, 0.6) is 5.75 Å². The molecular weight excluding hydrogens is 438 g/mol. The molecule has 2 aromatic carbocycles. The minimum absolute atomic E-state index is 0.0618. The number of phenols is 1. The number of ketones is 1. The Hall–Kier alpha value is -3.68. The van der Waals surface area contributed by atoms with E-state index in [0.29, 0.717) is 30.4 Å². The van der Waals surface area contributed by atoms with Crippen molar-refractivity contribution in [1.29, 1.82) is 0 Å². The standard InChI is InChI=1S/C26H31NO7/c28-20-15-13-18(14-16-20)17-22(27-25(32)19-9-5-4-6-10-19)24(31)21(26(33)34)11-7-2-1-3-8-12-23(29)30/h4-6,9-10,13-16,21-22,28H,1-3,7-8,11-12,17H2,(H,27,32)(H,29,30)(H,33,34)/t21?,22-/m0/s1. The second-order valence-corrected chi connectivity index (χ2v) is 8.26. The molecular formula is C26H31NO7. The maximum atomic E-state index is 13.3. The van der Waals surface area contributed by atoms with E-state index < -0.39 is 35.6 Å². The summed E-state index contributed by atoms with van der Waals surface area (Å²) in [6, 6.07) is 13.5. The molecule has 0 radical (unpaired) electrons. The van der Waals surface area contributed by atoms with E-state index in [-0.39, 0.29) is 25.0 Å². The van der Waals surface area contributed by atoms with E-state index in [0.717, 1.165) is 12.8 Å². The highest BCUT2D eigenvalue weighted by Crippen LogP contribution is 2.19. The number of carboxylic acids is 2. The van der Waals surface area contributed by atoms with Gasteiger partial charge in [0.2, 0.25) is 0 Å². The van der Waals surface area contributed by atoms with Crippen LogP contribution in [0.3, 0.4) is 0 Å². The van der Waals surface area contributed by atoms with Gasteiger partial charge in [0.05, 0.1) is 6.04 Å². The first-order valence-electron chi connectivity index (χ1n) is 11.4. The summed E-state index contributed by atoms with van der Waals surface area (Å²) in [5.74, 6) is -4.32. The van der Waals surface area contributed by atoms with Crippen LogP contribution >= 0.6 is 0 Å². The fraction of sp³-hybridized carbons (Fsp3) is 0.385. The molecule has 0 aromatic heterocycles. The van der Waals surface area contributed by atoms with Crippen LogP contribution < -0.4 is 5.32 Å². The molecule has 1 unspecified atom stereocenters. The Balaban J connectivity index is 2.06. The van der Waals surface area contributed by atoms with Gasteiger partial charge >= 0.3 is 11.9 Å². The third-order valence-corrected chi connectivity index (χ3v) is 5.59. The number of amides is 1. The second-order valence-electron chi connectivity index (χ2n) is 8.26. The molecule has 2 rings (SSSR count). The van der Waals surface area contributed by atoms with Gasteiger partial charge in [0.15, 0.2) is 5.78 Å². The number of carboxylic acid groups (broad SMARTS) is 2. The van der Waals surface area contributed by atoms with Crippen molar-refractivity contribution in [3.63, 3.8) is 0 Å². The van der Waals surface area contributed by atoms with Gasteiger partial charge in [-0.3, -0.25) is 19.2 Å². The van der Waals surface area contributed by atoms with Crippen molar-refractivity contribution in [2.45, 2.75) is 57.4 Å². The zero-order valence-electron chi connectivity index (χ0n) is 19.0. The van der Waals surface area contributed by atoms with Crippen molar-refractivity contribution in [2.24, 2.45) is 5.92 Å². The molecule has 0 saturated heterocycles. The van der Waals surface area contributed by atoms with Crippen LogP contribution in [0.25, 0.3) is 0 Å². The lowest BCUT2D eigenvalue weighted by Crippen LogP contribution is -2.46. The quantitative estimate of drug-likeness (QED) is 0.229. The molecule has 0 saturated carbocycles. The Morgan fingerprint density at radius 3 is 2.03 bits per heavy atom. The van der Waals surface area contributed by atoms with Crippen molar-refractivity contribution in [1.82, 2.24) is 5.32 Å². The minimum atomic E-state index is -1.27. The molecule has 0 bridgehead atoms. The van der Waals surface area contributed by atoms with Crippen LogP contribution in [0.1, 0.15) is 60.9 Å². The Bertz CT molecular complexity index is 957. The topological polar surface area (TPSA) is 141 Å². The number of aliphatic carboxylic acids is 2. The number of Topliss-reactive ketones (excluding diaryl/α,β-unsaturated/α-hetero) is 1. The molecule has 0 spiro atoms. The Morgan fingerprint density at radius 1 is 0.794 bits per heavy atom. The third-order valence-electron chi connectivity index (χ3n) is 5.59. The molecule has 0 aliphatic carbocycles.